The molecule has 1 atom stereocenters. The number of nitrogens with zero attached hydrogens (tertiary/aromatic N) is 1. The van der Waals surface area contributed by atoms with Crippen molar-refractivity contribution in [2.24, 2.45) is 11.8 Å². The molecule has 2 nitrogen and oxygen atoms in total. The van der Waals surface area contributed by atoms with Crippen LogP contribution in [0.1, 0.15) is 25.8 Å². The summed E-state index contributed by atoms with van der Waals surface area (Å²) < 4.78 is 0. The van der Waals surface area contributed by atoms with Crippen LogP contribution in [0.5, 0.6) is 0 Å². The summed E-state index contributed by atoms with van der Waals surface area (Å²) in [5.41, 5.74) is 1.07. The molecule has 0 heterocycles. The minimum absolute atomic E-state index is 0.0926. The number of allylic oxidation sites excluding steroid dienone is 1. The molecule has 1 aromatic carbocycles. The van der Waals surface area contributed by atoms with E-state index >= 15 is 0 Å². The summed E-state index contributed by atoms with van der Waals surface area (Å²) in [6.07, 6.45) is 4.58. The summed E-state index contributed by atoms with van der Waals surface area (Å²) in [5.74, 6) is 0.861. The second-order valence-corrected chi connectivity index (χ2v) is 5.74. The average Bonchev–Trinajstić information content (AvgIpc) is 2.35. The van der Waals surface area contributed by atoms with Gasteiger partial charge in [0.05, 0.1) is 0 Å². The van der Waals surface area contributed by atoms with Crippen LogP contribution in [-0.4, -0.2) is 31.3 Å². The summed E-state index contributed by atoms with van der Waals surface area (Å²) in [6.45, 7) is 5.14. The molecule has 0 spiro atoms. The number of rotatable bonds is 7. The largest absolute Gasteiger partial charge is 0.309 e. The maximum atomic E-state index is 12.3. The van der Waals surface area contributed by atoms with E-state index < -0.39 is 0 Å². The third-order valence-electron chi connectivity index (χ3n) is 2.98. The summed E-state index contributed by atoms with van der Waals surface area (Å²) in [4.78, 5) is 14.4. The van der Waals surface area contributed by atoms with Crippen LogP contribution in [0.15, 0.2) is 36.4 Å². The predicted molar refractivity (Wildman–Crippen MR) is 82.0 cm³/mol. The molecule has 1 rings (SSSR count). The molecule has 0 radical (unpaired) electrons. The predicted octanol–water partition coefficient (Wildman–Crippen LogP) is 3.49. The smallest absolute Gasteiger partial charge is 0.160 e. The zero-order chi connectivity index (χ0) is 14.3. The average molecular weight is 259 g/mol. The van der Waals surface area contributed by atoms with Crippen LogP contribution in [0.4, 0.5) is 0 Å². The molecule has 0 aliphatic carbocycles. The Morgan fingerprint density at radius 3 is 2.37 bits per heavy atom. The van der Waals surface area contributed by atoms with Gasteiger partial charge in [-0.2, -0.15) is 0 Å². The lowest BCUT2D eigenvalue weighted by atomic mass is 9.92. The van der Waals surface area contributed by atoms with E-state index in [4.69, 9.17) is 0 Å². The lowest BCUT2D eigenvalue weighted by Crippen LogP contribution is -2.28. The number of ketones is 1. The van der Waals surface area contributed by atoms with Crippen LogP contribution in [0.25, 0.3) is 6.08 Å². The van der Waals surface area contributed by atoms with Gasteiger partial charge in [-0.25, -0.2) is 0 Å². The Hall–Kier alpha value is -1.41. The van der Waals surface area contributed by atoms with Gasteiger partial charge in [-0.3, -0.25) is 4.79 Å². The molecule has 0 saturated carbocycles. The van der Waals surface area contributed by atoms with E-state index in [1.807, 2.05) is 50.5 Å². The molecule has 0 N–H and O–H groups in total. The maximum absolute atomic E-state index is 12.3. The van der Waals surface area contributed by atoms with E-state index in [0.29, 0.717) is 5.92 Å². The Balaban J connectivity index is 2.68. The molecule has 19 heavy (non-hydrogen) atoms. The first kappa shape index (κ1) is 15.6. The molecule has 0 aliphatic rings. The minimum atomic E-state index is 0.0926. The Morgan fingerprint density at radius 1 is 1.21 bits per heavy atom. The Morgan fingerprint density at radius 2 is 1.84 bits per heavy atom. The normalized spacial score (nSPS) is 13.4. The van der Waals surface area contributed by atoms with Gasteiger partial charge in [0.25, 0.3) is 0 Å². The first-order valence-corrected chi connectivity index (χ1v) is 6.90. The van der Waals surface area contributed by atoms with Gasteiger partial charge in [0.15, 0.2) is 5.78 Å². The van der Waals surface area contributed by atoms with E-state index in [-0.39, 0.29) is 11.7 Å². The molecular formula is C17H25NO. The van der Waals surface area contributed by atoms with Crippen LogP contribution in [0.2, 0.25) is 0 Å². The van der Waals surface area contributed by atoms with E-state index in [9.17, 15) is 4.79 Å². The molecule has 0 aliphatic heterocycles. The second kappa shape index (κ2) is 7.90. The lowest BCUT2D eigenvalue weighted by molar-refractivity contribution is -0.119. The highest BCUT2D eigenvalue weighted by Crippen LogP contribution is 2.15. The number of hydrogen-bond acceptors (Lipinski definition) is 2. The standard InChI is InChI=1S/C17H25NO/c1-14(2)12-16(13-18(3)4)17(19)11-10-15-8-6-5-7-9-15/h5-11,14,16H,12-13H2,1-4H3/b11-10+/t16-/m0/s1. The van der Waals surface area contributed by atoms with Gasteiger partial charge in [0.1, 0.15) is 0 Å². The van der Waals surface area contributed by atoms with Crippen molar-refractivity contribution in [1.29, 1.82) is 0 Å². The van der Waals surface area contributed by atoms with E-state index in [1.54, 1.807) is 6.08 Å². The Kier molecular flexibility index (Phi) is 6.51. The number of hydrogen-bond donors (Lipinski definition) is 0. The quantitative estimate of drug-likeness (QED) is 0.699. The van der Waals surface area contributed by atoms with Gasteiger partial charge >= 0.3 is 0 Å². The summed E-state index contributed by atoms with van der Waals surface area (Å²) in [7, 11) is 4.03. The highest BCUT2D eigenvalue weighted by molar-refractivity contribution is 5.95. The molecule has 0 saturated heterocycles. The molecule has 0 unspecified atom stereocenters. The first-order chi connectivity index (χ1) is 8.99. The van der Waals surface area contributed by atoms with Gasteiger partial charge < -0.3 is 4.90 Å². The molecule has 0 bridgehead atoms. The van der Waals surface area contributed by atoms with E-state index in [1.165, 1.54) is 0 Å². The van der Waals surface area contributed by atoms with E-state index in [2.05, 4.69) is 18.7 Å². The zero-order valence-electron chi connectivity index (χ0n) is 12.5. The van der Waals surface area contributed by atoms with Crippen LogP contribution >= 0.6 is 0 Å². The highest BCUT2D eigenvalue weighted by Gasteiger charge is 2.18. The number of carbonyl (C=O) groups is 1. The fourth-order valence-corrected chi connectivity index (χ4v) is 2.17. The van der Waals surface area contributed by atoms with Gasteiger partial charge in [0, 0.05) is 12.5 Å². The molecule has 0 aromatic heterocycles. The second-order valence-electron chi connectivity index (χ2n) is 5.74. The first-order valence-electron chi connectivity index (χ1n) is 6.90. The van der Waals surface area contributed by atoms with Crippen molar-refractivity contribution in [2.75, 3.05) is 20.6 Å². The molecule has 2 heteroatoms. The summed E-state index contributed by atoms with van der Waals surface area (Å²) in [6, 6.07) is 9.96. The number of benzene rings is 1. The van der Waals surface area contributed by atoms with Gasteiger partial charge in [0.2, 0.25) is 0 Å². The molecule has 0 amide bonds. The van der Waals surface area contributed by atoms with Crippen molar-refractivity contribution in [3.63, 3.8) is 0 Å². The fourth-order valence-electron chi connectivity index (χ4n) is 2.17. The van der Waals surface area contributed by atoms with Crippen molar-refractivity contribution in [2.45, 2.75) is 20.3 Å². The highest BCUT2D eigenvalue weighted by atomic mass is 16.1. The van der Waals surface area contributed by atoms with Gasteiger partial charge in [-0.15, -0.1) is 0 Å². The third kappa shape index (κ3) is 6.35. The van der Waals surface area contributed by atoms with Crippen LogP contribution in [0, 0.1) is 11.8 Å². The van der Waals surface area contributed by atoms with Crippen molar-refractivity contribution in [3.8, 4) is 0 Å². The van der Waals surface area contributed by atoms with Crippen LogP contribution < -0.4 is 0 Å². The number of carbonyl (C=O) groups excluding carboxylic acids is 1. The lowest BCUT2D eigenvalue weighted by Gasteiger charge is -2.20. The third-order valence-corrected chi connectivity index (χ3v) is 2.98. The van der Waals surface area contributed by atoms with Crippen molar-refractivity contribution >= 4 is 11.9 Å². The Labute approximate surface area is 117 Å². The monoisotopic (exact) mass is 259 g/mol. The Bertz CT molecular complexity index is 397. The molecule has 104 valence electrons. The maximum Gasteiger partial charge on any atom is 0.160 e. The van der Waals surface area contributed by atoms with Crippen LogP contribution in [-0.2, 0) is 4.79 Å². The van der Waals surface area contributed by atoms with Crippen molar-refractivity contribution < 1.29 is 4.79 Å². The van der Waals surface area contributed by atoms with Crippen molar-refractivity contribution in [3.05, 3.63) is 42.0 Å². The molecular weight excluding hydrogens is 234 g/mol. The van der Waals surface area contributed by atoms with Crippen molar-refractivity contribution in [1.82, 2.24) is 4.90 Å². The molecule has 1 aromatic rings. The van der Waals surface area contributed by atoms with Crippen LogP contribution in [0.3, 0.4) is 0 Å². The fraction of sp³-hybridized carbons (Fsp3) is 0.471. The van der Waals surface area contributed by atoms with Gasteiger partial charge in [-0.05, 0) is 38.1 Å². The minimum Gasteiger partial charge on any atom is -0.309 e. The molecule has 0 fully saturated rings. The zero-order valence-corrected chi connectivity index (χ0v) is 12.5. The van der Waals surface area contributed by atoms with E-state index in [0.717, 1.165) is 18.5 Å². The topological polar surface area (TPSA) is 20.3 Å². The van der Waals surface area contributed by atoms with Gasteiger partial charge in [-0.1, -0.05) is 50.3 Å². The SMILES string of the molecule is CC(C)C[C@@H](CN(C)C)C(=O)/C=C/c1ccccc1. The summed E-state index contributed by atoms with van der Waals surface area (Å²) in [5, 5.41) is 0. The summed E-state index contributed by atoms with van der Waals surface area (Å²) >= 11 is 0.